The van der Waals surface area contributed by atoms with Crippen molar-refractivity contribution < 1.29 is 22.7 Å². The molecular weight excluding hydrogens is 309 g/mol. The van der Waals surface area contributed by atoms with Crippen LogP contribution in [0.4, 0.5) is 13.2 Å². The van der Waals surface area contributed by atoms with E-state index in [1.165, 1.54) is 12.1 Å². The quantitative estimate of drug-likeness (QED) is 0.890. The van der Waals surface area contributed by atoms with Crippen LogP contribution in [0.15, 0.2) is 24.3 Å². The summed E-state index contributed by atoms with van der Waals surface area (Å²) in [6.07, 6.45) is -3.29. The molecule has 2 rings (SSSR count). The van der Waals surface area contributed by atoms with Crippen LogP contribution in [0, 0.1) is 0 Å². The van der Waals surface area contributed by atoms with Crippen LogP contribution < -0.4 is 11.1 Å². The number of hydrogen-bond acceptors (Lipinski definition) is 3. The standard InChI is InChI=1S/C16H21F3N2O2/c1-11(20)14(22)21-10-15(5-7-23-8-6-15)12-3-2-4-13(9-12)16(17,18)19/h2-4,9,11H,5-8,10,20H2,1H3,(H,21,22)/t11-/m1/s1. The first-order chi connectivity index (χ1) is 10.7. The molecule has 23 heavy (non-hydrogen) atoms. The predicted octanol–water partition coefficient (Wildman–Crippen LogP) is 2.22. The normalized spacial score (nSPS) is 19.2. The van der Waals surface area contributed by atoms with E-state index >= 15 is 0 Å². The van der Waals surface area contributed by atoms with E-state index in [4.69, 9.17) is 10.5 Å². The molecule has 128 valence electrons. The van der Waals surface area contributed by atoms with E-state index in [2.05, 4.69) is 5.32 Å². The lowest BCUT2D eigenvalue weighted by Gasteiger charge is -2.38. The van der Waals surface area contributed by atoms with Gasteiger partial charge < -0.3 is 15.8 Å². The molecule has 0 aliphatic carbocycles. The van der Waals surface area contributed by atoms with Gasteiger partial charge in [0.1, 0.15) is 0 Å². The smallest absolute Gasteiger partial charge is 0.381 e. The lowest BCUT2D eigenvalue weighted by molar-refractivity contribution is -0.137. The van der Waals surface area contributed by atoms with Gasteiger partial charge in [0.25, 0.3) is 0 Å². The fourth-order valence-corrected chi connectivity index (χ4v) is 2.77. The predicted molar refractivity (Wildman–Crippen MR) is 79.8 cm³/mol. The Morgan fingerprint density at radius 3 is 2.61 bits per heavy atom. The number of alkyl halides is 3. The van der Waals surface area contributed by atoms with Gasteiger partial charge in [0.05, 0.1) is 11.6 Å². The Hall–Kier alpha value is -1.60. The number of rotatable bonds is 4. The second kappa shape index (κ2) is 6.88. The topological polar surface area (TPSA) is 64.4 Å². The summed E-state index contributed by atoms with van der Waals surface area (Å²) < 4.78 is 44.2. The Kier molecular flexibility index (Phi) is 5.31. The van der Waals surface area contributed by atoms with Gasteiger partial charge in [0.15, 0.2) is 0 Å². The van der Waals surface area contributed by atoms with Crippen molar-refractivity contribution in [3.63, 3.8) is 0 Å². The average Bonchev–Trinajstić information content (AvgIpc) is 2.52. The average molecular weight is 330 g/mol. The maximum atomic E-state index is 13.0. The van der Waals surface area contributed by atoms with Crippen molar-refractivity contribution in [1.82, 2.24) is 5.32 Å². The third-order valence-electron chi connectivity index (χ3n) is 4.27. The van der Waals surface area contributed by atoms with E-state index in [0.29, 0.717) is 31.6 Å². The summed E-state index contributed by atoms with van der Waals surface area (Å²) in [5, 5.41) is 2.75. The third kappa shape index (κ3) is 4.23. The molecule has 1 aliphatic heterocycles. The number of halogens is 3. The van der Waals surface area contributed by atoms with E-state index in [0.717, 1.165) is 6.07 Å². The second-order valence-electron chi connectivity index (χ2n) is 5.98. The van der Waals surface area contributed by atoms with E-state index in [9.17, 15) is 18.0 Å². The van der Waals surface area contributed by atoms with Gasteiger partial charge in [-0.25, -0.2) is 0 Å². The van der Waals surface area contributed by atoms with Gasteiger partial charge in [0.2, 0.25) is 5.91 Å². The molecule has 1 fully saturated rings. The van der Waals surface area contributed by atoms with Crippen molar-refractivity contribution >= 4 is 5.91 Å². The largest absolute Gasteiger partial charge is 0.416 e. The summed E-state index contributed by atoms with van der Waals surface area (Å²) in [6, 6.07) is 4.65. The second-order valence-corrected chi connectivity index (χ2v) is 5.98. The number of carbonyl (C=O) groups is 1. The molecule has 0 spiro atoms. The first kappa shape index (κ1) is 17.7. The highest BCUT2D eigenvalue weighted by molar-refractivity contribution is 5.81. The maximum Gasteiger partial charge on any atom is 0.416 e. The molecule has 3 N–H and O–H groups in total. The van der Waals surface area contributed by atoms with Gasteiger partial charge in [0, 0.05) is 25.2 Å². The van der Waals surface area contributed by atoms with Crippen molar-refractivity contribution in [3.8, 4) is 0 Å². The molecule has 1 aromatic carbocycles. The Bertz CT molecular complexity index is 553. The van der Waals surface area contributed by atoms with Gasteiger partial charge in [-0.2, -0.15) is 13.2 Å². The molecule has 0 saturated carbocycles. The summed E-state index contributed by atoms with van der Waals surface area (Å²) in [4.78, 5) is 11.7. The molecule has 7 heteroatoms. The SMILES string of the molecule is C[C@@H](N)C(=O)NCC1(c2cccc(C(F)(F)F)c2)CCOCC1. The Labute approximate surface area is 133 Å². The van der Waals surface area contributed by atoms with Crippen LogP contribution >= 0.6 is 0 Å². The van der Waals surface area contributed by atoms with Crippen molar-refractivity contribution in [2.75, 3.05) is 19.8 Å². The molecule has 4 nitrogen and oxygen atoms in total. The summed E-state index contributed by atoms with van der Waals surface area (Å²) in [5.41, 5.74) is 4.85. The summed E-state index contributed by atoms with van der Waals surface area (Å²) in [5.74, 6) is -0.317. The summed E-state index contributed by atoms with van der Waals surface area (Å²) >= 11 is 0. The fourth-order valence-electron chi connectivity index (χ4n) is 2.77. The first-order valence-electron chi connectivity index (χ1n) is 7.53. The molecule has 1 atom stereocenters. The first-order valence-corrected chi connectivity index (χ1v) is 7.53. The number of nitrogens with two attached hydrogens (primary N) is 1. The molecule has 0 bridgehead atoms. The van der Waals surface area contributed by atoms with E-state index < -0.39 is 23.2 Å². The number of amides is 1. The number of hydrogen-bond donors (Lipinski definition) is 2. The number of ether oxygens (including phenoxy) is 1. The molecule has 0 unspecified atom stereocenters. The number of benzene rings is 1. The van der Waals surface area contributed by atoms with Gasteiger partial charge in [-0.3, -0.25) is 4.79 Å². The van der Waals surface area contributed by atoms with Crippen LogP contribution in [0.5, 0.6) is 0 Å². The van der Waals surface area contributed by atoms with E-state index in [-0.39, 0.29) is 12.5 Å². The highest BCUT2D eigenvalue weighted by Crippen LogP contribution is 2.37. The maximum absolute atomic E-state index is 13.0. The molecule has 1 saturated heterocycles. The van der Waals surface area contributed by atoms with E-state index in [1.807, 2.05) is 0 Å². The van der Waals surface area contributed by atoms with Crippen LogP contribution in [0.2, 0.25) is 0 Å². The monoisotopic (exact) mass is 330 g/mol. The van der Waals surface area contributed by atoms with Crippen LogP contribution in [0.25, 0.3) is 0 Å². The molecule has 1 aromatic rings. The minimum absolute atomic E-state index is 0.248. The highest BCUT2D eigenvalue weighted by atomic mass is 19.4. The van der Waals surface area contributed by atoms with Crippen LogP contribution in [0.3, 0.4) is 0 Å². The zero-order valence-electron chi connectivity index (χ0n) is 13.0. The Balaban J connectivity index is 2.29. The minimum Gasteiger partial charge on any atom is -0.381 e. The molecule has 0 radical (unpaired) electrons. The minimum atomic E-state index is -4.39. The van der Waals surface area contributed by atoms with Gasteiger partial charge in [-0.15, -0.1) is 0 Å². The lowest BCUT2D eigenvalue weighted by Crippen LogP contribution is -2.48. The summed E-state index contributed by atoms with van der Waals surface area (Å²) in [7, 11) is 0. The lowest BCUT2D eigenvalue weighted by atomic mass is 9.73. The van der Waals surface area contributed by atoms with Gasteiger partial charge >= 0.3 is 6.18 Å². The zero-order valence-corrected chi connectivity index (χ0v) is 13.0. The molecular formula is C16H21F3N2O2. The molecule has 0 aromatic heterocycles. The number of carbonyl (C=O) groups excluding carboxylic acids is 1. The fraction of sp³-hybridized carbons (Fsp3) is 0.562. The Morgan fingerprint density at radius 2 is 2.04 bits per heavy atom. The van der Waals surface area contributed by atoms with Gasteiger partial charge in [-0.1, -0.05) is 18.2 Å². The summed E-state index contributed by atoms with van der Waals surface area (Å²) in [6.45, 7) is 2.71. The van der Waals surface area contributed by atoms with Crippen molar-refractivity contribution in [2.24, 2.45) is 5.73 Å². The molecule has 1 aliphatic rings. The zero-order chi connectivity index (χ0) is 17.1. The van der Waals surface area contributed by atoms with Crippen LogP contribution in [-0.2, 0) is 21.1 Å². The molecule has 1 amide bonds. The van der Waals surface area contributed by atoms with Crippen molar-refractivity contribution in [3.05, 3.63) is 35.4 Å². The van der Waals surface area contributed by atoms with Crippen LogP contribution in [-0.4, -0.2) is 31.7 Å². The Morgan fingerprint density at radius 1 is 1.39 bits per heavy atom. The van der Waals surface area contributed by atoms with Crippen LogP contribution in [0.1, 0.15) is 30.9 Å². The third-order valence-corrected chi connectivity index (χ3v) is 4.27. The highest BCUT2D eigenvalue weighted by Gasteiger charge is 2.37. The molecule has 1 heterocycles. The van der Waals surface area contributed by atoms with Gasteiger partial charge in [-0.05, 0) is 31.4 Å². The van der Waals surface area contributed by atoms with Crippen molar-refractivity contribution in [2.45, 2.75) is 37.4 Å². The van der Waals surface area contributed by atoms with E-state index in [1.54, 1.807) is 13.0 Å². The van der Waals surface area contributed by atoms with Crippen molar-refractivity contribution in [1.29, 1.82) is 0 Å². The number of nitrogens with one attached hydrogen (secondary N) is 1.